The predicted molar refractivity (Wildman–Crippen MR) is 109 cm³/mol. The van der Waals surface area contributed by atoms with Crippen LogP contribution < -0.4 is 9.47 Å². The van der Waals surface area contributed by atoms with Gasteiger partial charge in [-0.2, -0.15) is 0 Å². The summed E-state index contributed by atoms with van der Waals surface area (Å²) in [6, 6.07) is 6.07. The van der Waals surface area contributed by atoms with Crippen molar-refractivity contribution >= 4 is 0 Å². The standard InChI is InChI=1S/C23H36O4/c1-3-4-5-6-7-8-9-14-23(2)15-13-20-18-21(11-12-22(20)27-23)26-17-10-16-25-19-24/h9,11-12,14,18,24H,3-8,10,13,15-17,19H2,1-2H3/b14-9+. The number of aliphatic hydroxyl groups excluding tert-OH is 1. The molecule has 2 rings (SSSR count). The van der Waals surface area contributed by atoms with E-state index in [-0.39, 0.29) is 12.4 Å². The van der Waals surface area contributed by atoms with Gasteiger partial charge in [0.15, 0.2) is 0 Å². The molecule has 0 aromatic heterocycles. The highest BCUT2D eigenvalue weighted by molar-refractivity contribution is 5.42. The summed E-state index contributed by atoms with van der Waals surface area (Å²) in [6.45, 7) is 5.28. The van der Waals surface area contributed by atoms with Crippen molar-refractivity contribution in [3.8, 4) is 11.5 Å². The quantitative estimate of drug-likeness (QED) is 0.284. The number of hydrogen-bond donors (Lipinski definition) is 1. The first kappa shape index (κ1) is 21.8. The molecule has 0 amide bonds. The third-order valence-corrected chi connectivity index (χ3v) is 5.00. The van der Waals surface area contributed by atoms with Crippen molar-refractivity contribution in [2.75, 3.05) is 20.0 Å². The Labute approximate surface area is 164 Å². The van der Waals surface area contributed by atoms with Crippen molar-refractivity contribution in [3.05, 3.63) is 35.9 Å². The van der Waals surface area contributed by atoms with Gasteiger partial charge in [0.1, 0.15) is 23.9 Å². The average molecular weight is 377 g/mol. The number of benzene rings is 1. The fourth-order valence-corrected chi connectivity index (χ4v) is 3.36. The van der Waals surface area contributed by atoms with Gasteiger partial charge in [-0.3, -0.25) is 0 Å². The molecule has 1 heterocycles. The summed E-state index contributed by atoms with van der Waals surface area (Å²) in [7, 11) is 0. The molecule has 152 valence electrons. The van der Waals surface area contributed by atoms with Crippen molar-refractivity contribution < 1.29 is 19.3 Å². The minimum atomic E-state index is -0.234. The predicted octanol–water partition coefficient (Wildman–Crippen LogP) is 5.42. The van der Waals surface area contributed by atoms with E-state index in [0.717, 1.165) is 37.2 Å². The fraction of sp³-hybridized carbons (Fsp3) is 0.652. The highest BCUT2D eigenvalue weighted by Gasteiger charge is 2.29. The largest absolute Gasteiger partial charge is 0.493 e. The number of hydrogen-bond acceptors (Lipinski definition) is 4. The highest BCUT2D eigenvalue weighted by atomic mass is 16.6. The molecule has 4 nitrogen and oxygen atoms in total. The van der Waals surface area contributed by atoms with Crippen molar-refractivity contribution in [1.29, 1.82) is 0 Å². The normalized spacial score (nSPS) is 19.1. The zero-order valence-corrected chi connectivity index (χ0v) is 17.0. The Morgan fingerprint density at radius 2 is 2.00 bits per heavy atom. The van der Waals surface area contributed by atoms with Crippen LogP contribution >= 0.6 is 0 Å². The number of rotatable bonds is 13. The second-order valence-electron chi connectivity index (χ2n) is 7.53. The molecule has 0 spiro atoms. The summed E-state index contributed by atoms with van der Waals surface area (Å²) >= 11 is 0. The second kappa shape index (κ2) is 12.0. The van der Waals surface area contributed by atoms with Crippen LogP contribution in [0.25, 0.3) is 0 Å². The first-order valence-electron chi connectivity index (χ1n) is 10.5. The van der Waals surface area contributed by atoms with E-state index in [2.05, 4.69) is 32.1 Å². The zero-order chi connectivity index (χ0) is 19.4. The summed E-state index contributed by atoms with van der Waals surface area (Å²) in [6.07, 6.45) is 15.0. The molecule has 4 heteroatoms. The van der Waals surface area contributed by atoms with E-state index in [1.165, 1.54) is 37.7 Å². The summed E-state index contributed by atoms with van der Waals surface area (Å²) < 4.78 is 16.9. The molecule has 0 radical (unpaired) electrons. The Balaban J connectivity index is 1.77. The first-order valence-corrected chi connectivity index (χ1v) is 10.5. The van der Waals surface area contributed by atoms with E-state index in [4.69, 9.17) is 19.3 Å². The zero-order valence-electron chi connectivity index (χ0n) is 17.0. The number of aryl methyl sites for hydroxylation is 1. The van der Waals surface area contributed by atoms with Crippen LogP contribution in [-0.2, 0) is 11.2 Å². The van der Waals surface area contributed by atoms with E-state index in [1.807, 2.05) is 12.1 Å². The molecule has 1 aromatic carbocycles. The molecule has 1 unspecified atom stereocenters. The maximum Gasteiger partial charge on any atom is 0.143 e. The van der Waals surface area contributed by atoms with Crippen molar-refractivity contribution in [2.45, 2.75) is 77.2 Å². The van der Waals surface area contributed by atoms with Gasteiger partial charge in [0.25, 0.3) is 0 Å². The Morgan fingerprint density at radius 3 is 2.81 bits per heavy atom. The van der Waals surface area contributed by atoms with Crippen LogP contribution in [0, 0.1) is 0 Å². The minimum absolute atomic E-state index is 0.208. The van der Waals surface area contributed by atoms with Gasteiger partial charge in [0, 0.05) is 6.42 Å². The van der Waals surface area contributed by atoms with Crippen molar-refractivity contribution in [3.63, 3.8) is 0 Å². The maximum absolute atomic E-state index is 8.59. The second-order valence-corrected chi connectivity index (χ2v) is 7.53. The van der Waals surface area contributed by atoms with Crippen LogP contribution in [0.15, 0.2) is 30.4 Å². The van der Waals surface area contributed by atoms with E-state index >= 15 is 0 Å². The topological polar surface area (TPSA) is 47.9 Å². The summed E-state index contributed by atoms with van der Waals surface area (Å²) in [4.78, 5) is 0. The fourth-order valence-electron chi connectivity index (χ4n) is 3.36. The third-order valence-electron chi connectivity index (χ3n) is 5.00. The van der Waals surface area contributed by atoms with Crippen molar-refractivity contribution in [1.82, 2.24) is 0 Å². The molecular weight excluding hydrogens is 340 g/mol. The Hall–Kier alpha value is -1.52. The Bertz CT molecular complexity index is 569. The molecule has 27 heavy (non-hydrogen) atoms. The molecular formula is C23H36O4. The smallest absolute Gasteiger partial charge is 0.143 e. The Morgan fingerprint density at radius 1 is 1.15 bits per heavy atom. The lowest BCUT2D eigenvalue weighted by atomic mass is 9.91. The van der Waals surface area contributed by atoms with Crippen LogP contribution in [-0.4, -0.2) is 30.7 Å². The molecule has 1 atom stereocenters. The van der Waals surface area contributed by atoms with Gasteiger partial charge < -0.3 is 19.3 Å². The highest BCUT2D eigenvalue weighted by Crippen LogP contribution is 2.36. The van der Waals surface area contributed by atoms with Gasteiger partial charge in [0.2, 0.25) is 0 Å². The summed E-state index contributed by atoms with van der Waals surface area (Å²) in [5.74, 6) is 1.83. The monoisotopic (exact) mass is 376 g/mol. The van der Waals surface area contributed by atoms with Gasteiger partial charge in [-0.15, -0.1) is 0 Å². The molecule has 0 aliphatic carbocycles. The van der Waals surface area contributed by atoms with Crippen molar-refractivity contribution in [2.24, 2.45) is 0 Å². The molecule has 0 saturated heterocycles. The van der Waals surface area contributed by atoms with Gasteiger partial charge in [-0.05, 0) is 62.4 Å². The van der Waals surface area contributed by atoms with Gasteiger partial charge >= 0.3 is 0 Å². The maximum atomic E-state index is 8.59. The number of aliphatic hydroxyl groups is 1. The van der Waals surface area contributed by atoms with E-state index < -0.39 is 0 Å². The molecule has 0 bridgehead atoms. The lowest BCUT2D eigenvalue weighted by Crippen LogP contribution is -2.34. The molecule has 1 aliphatic rings. The summed E-state index contributed by atoms with van der Waals surface area (Å²) in [5.41, 5.74) is 1.00. The van der Waals surface area contributed by atoms with E-state index in [0.29, 0.717) is 13.2 Å². The third kappa shape index (κ3) is 7.94. The van der Waals surface area contributed by atoms with Crippen LogP contribution in [0.4, 0.5) is 0 Å². The molecule has 0 saturated carbocycles. The molecule has 1 aromatic rings. The summed E-state index contributed by atoms with van der Waals surface area (Å²) in [5, 5.41) is 8.59. The van der Waals surface area contributed by atoms with Crippen LogP contribution in [0.5, 0.6) is 11.5 Å². The number of ether oxygens (including phenoxy) is 3. The Kier molecular flexibility index (Phi) is 9.71. The number of fused-ring (bicyclic) bond motifs is 1. The number of unbranched alkanes of at least 4 members (excludes halogenated alkanes) is 5. The number of allylic oxidation sites excluding steroid dienone is 1. The van der Waals surface area contributed by atoms with Gasteiger partial charge in [-0.1, -0.05) is 38.7 Å². The molecule has 1 N–H and O–H groups in total. The molecule has 0 fully saturated rings. The van der Waals surface area contributed by atoms with Gasteiger partial charge in [-0.25, -0.2) is 0 Å². The average Bonchev–Trinajstić information content (AvgIpc) is 2.67. The van der Waals surface area contributed by atoms with Gasteiger partial charge in [0.05, 0.1) is 13.2 Å². The van der Waals surface area contributed by atoms with E-state index in [1.54, 1.807) is 0 Å². The van der Waals surface area contributed by atoms with Crippen LogP contribution in [0.3, 0.4) is 0 Å². The SMILES string of the molecule is CCCCCCC/C=C/C1(C)CCc2cc(OCCCOCO)ccc2O1. The van der Waals surface area contributed by atoms with E-state index in [9.17, 15) is 0 Å². The van der Waals surface area contributed by atoms with Crippen LogP contribution in [0.2, 0.25) is 0 Å². The molecule has 1 aliphatic heterocycles. The lowest BCUT2D eigenvalue weighted by molar-refractivity contribution is -0.00531. The lowest BCUT2D eigenvalue weighted by Gasteiger charge is -2.33. The first-order chi connectivity index (χ1) is 13.2. The van der Waals surface area contributed by atoms with Crippen LogP contribution in [0.1, 0.15) is 70.8 Å². The minimum Gasteiger partial charge on any atom is -0.493 e.